The second-order valence-corrected chi connectivity index (χ2v) is 11.4. The van der Waals surface area contributed by atoms with Crippen molar-refractivity contribution in [2.75, 3.05) is 9.80 Å². The number of pyridine rings is 2. The SMILES string of the molecule is N#Cc1c2oc3ncc(N(c4ccccc4)c4ccccc4)cc3c2cc2c1oc1ncc(N(c3ccccc3)c3ccccc3)cc12. The van der Waals surface area contributed by atoms with Crippen LogP contribution in [0.4, 0.5) is 34.1 Å². The highest BCUT2D eigenvalue weighted by atomic mass is 16.4. The predicted molar refractivity (Wildman–Crippen MR) is 191 cm³/mol. The van der Waals surface area contributed by atoms with Gasteiger partial charge in [0.15, 0.2) is 11.2 Å². The third-order valence-corrected chi connectivity index (χ3v) is 8.57. The molecule has 226 valence electrons. The maximum Gasteiger partial charge on any atom is 0.227 e. The summed E-state index contributed by atoms with van der Waals surface area (Å²) in [6, 6.07) is 49.2. The van der Waals surface area contributed by atoms with Crippen molar-refractivity contribution in [3.63, 3.8) is 0 Å². The van der Waals surface area contributed by atoms with Gasteiger partial charge < -0.3 is 18.6 Å². The molecule has 5 aromatic carbocycles. The largest absolute Gasteiger partial charge is 0.436 e. The fourth-order valence-electron chi connectivity index (χ4n) is 6.43. The minimum atomic E-state index is 0.313. The molecule has 0 radical (unpaired) electrons. The van der Waals surface area contributed by atoms with Crippen LogP contribution in [-0.2, 0) is 0 Å². The number of fused-ring (bicyclic) bond motifs is 6. The van der Waals surface area contributed by atoms with E-state index in [4.69, 9.17) is 18.8 Å². The van der Waals surface area contributed by atoms with Gasteiger partial charge in [-0.15, -0.1) is 0 Å². The summed E-state index contributed by atoms with van der Waals surface area (Å²) in [5.41, 5.74) is 7.80. The van der Waals surface area contributed by atoms with Gasteiger partial charge in [-0.2, -0.15) is 5.26 Å². The number of furan rings is 2. The predicted octanol–water partition coefficient (Wildman–Crippen LogP) is 11.1. The van der Waals surface area contributed by atoms with E-state index < -0.39 is 0 Å². The molecule has 4 heterocycles. The zero-order valence-electron chi connectivity index (χ0n) is 25.5. The molecule has 7 nitrogen and oxygen atoms in total. The second kappa shape index (κ2) is 11.2. The van der Waals surface area contributed by atoms with E-state index in [1.54, 1.807) is 12.4 Å². The number of hydrogen-bond donors (Lipinski definition) is 0. The fraction of sp³-hybridized carbons (Fsp3) is 0. The molecular formula is C41H25N5O2. The van der Waals surface area contributed by atoms with Crippen molar-refractivity contribution in [1.82, 2.24) is 9.97 Å². The molecule has 0 aliphatic heterocycles. The van der Waals surface area contributed by atoms with Crippen LogP contribution in [0, 0.1) is 11.3 Å². The highest BCUT2D eigenvalue weighted by Crippen LogP contribution is 2.43. The summed E-state index contributed by atoms with van der Waals surface area (Å²) in [4.78, 5) is 13.8. The number of para-hydroxylation sites is 4. The number of hydrogen-bond acceptors (Lipinski definition) is 7. The van der Waals surface area contributed by atoms with Gasteiger partial charge in [-0.1, -0.05) is 72.8 Å². The van der Waals surface area contributed by atoms with Gasteiger partial charge in [-0.3, -0.25) is 0 Å². The first-order valence-electron chi connectivity index (χ1n) is 15.5. The minimum absolute atomic E-state index is 0.313. The van der Waals surface area contributed by atoms with Gasteiger partial charge >= 0.3 is 0 Å². The van der Waals surface area contributed by atoms with Gasteiger partial charge in [0, 0.05) is 33.5 Å². The number of nitriles is 1. The van der Waals surface area contributed by atoms with E-state index in [9.17, 15) is 5.26 Å². The molecule has 48 heavy (non-hydrogen) atoms. The highest BCUT2D eigenvalue weighted by molar-refractivity contribution is 6.17. The summed E-state index contributed by atoms with van der Waals surface area (Å²) in [5.74, 6) is 0. The van der Waals surface area contributed by atoms with Crippen molar-refractivity contribution in [3.8, 4) is 6.07 Å². The maximum absolute atomic E-state index is 10.4. The Labute approximate surface area is 275 Å². The van der Waals surface area contributed by atoms with Gasteiger partial charge in [-0.25, -0.2) is 9.97 Å². The maximum atomic E-state index is 10.4. The molecule has 0 saturated heterocycles. The summed E-state index contributed by atoms with van der Waals surface area (Å²) in [6.07, 6.45) is 3.60. The summed E-state index contributed by atoms with van der Waals surface area (Å²) >= 11 is 0. The molecule has 0 aliphatic rings. The molecule has 4 aromatic heterocycles. The summed E-state index contributed by atoms with van der Waals surface area (Å²) in [6.45, 7) is 0. The second-order valence-electron chi connectivity index (χ2n) is 11.4. The number of aromatic nitrogens is 2. The molecule has 0 bridgehead atoms. The van der Waals surface area contributed by atoms with Crippen LogP contribution in [0.5, 0.6) is 0 Å². The van der Waals surface area contributed by atoms with Crippen LogP contribution < -0.4 is 9.80 Å². The average Bonchev–Trinajstić information content (AvgIpc) is 3.70. The summed E-state index contributed by atoms with van der Waals surface area (Å²) in [7, 11) is 0. The molecule has 9 rings (SSSR count). The van der Waals surface area contributed by atoms with Gasteiger partial charge in [0.25, 0.3) is 0 Å². The zero-order valence-corrected chi connectivity index (χ0v) is 25.5. The Bertz CT molecular complexity index is 2370. The molecule has 0 spiro atoms. The molecular weight excluding hydrogens is 594 g/mol. The first-order valence-corrected chi connectivity index (χ1v) is 15.5. The van der Waals surface area contributed by atoms with E-state index in [-0.39, 0.29) is 0 Å². The third-order valence-electron chi connectivity index (χ3n) is 8.57. The molecule has 0 aliphatic carbocycles. The molecule has 0 atom stereocenters. The molecule has 9 aromatic rings. The Morgan fingerprint density at radius 1 is 0.438 bits per heavy atom. The Morgan fingerprint density at radius 2 is 0.792 bits per heavy atom. The molecule has 0 fully saturated rings. The fourth-order valence-corrected chi connectivity index (χ4v) is 6.43. The van der Waals surface area contributed by atoms with Crippen LogP contribution in [0.2, 0.25) is 0 Å². The quantitative estimate of drug-likeness (QED) is 0.183. The van der Waals surface area contributed by atoms with Crippen LogP contribution in [0.1, 0.15) is 5.56 Å². The Hall–Kier alpha value is -6.91. The van der Waals surface area contributed by atoms with Crippen molar-refractivity contribution < 1.29 is 8.83 Å². The van der Waals surface area contributed by atoms with E-state index in [0.29, 0.717) is 28.2 Å². The standard InChI is InChI=1S/C41H25N5O2/c42-24-37-38-33(35-21-31(25-43-40(35)47-38)45(27-13-5-1-6-14-27)28-15-7-2-8-16-28)23-34-36-22-32(26-44-41(36)48-39(34)37)46(29-17-9-3-10-18-29)30-19-11-4-12-20-30/h1-23,25-26H. The Kier molecular flexibility index (Phi) is 6.37. The molecule has 0 amide bonds. The monoisotopic (exact) mass is 619 g/mol. The lowest BCUT2D eigenvalue weighted by atomic mass is 10.0. The molecule has 0 saturated carbocycles. The first kappa shape index (κ1) is 27.4. The average molecular weight is 620 g/mol. The van der Waals surface area contributed by atoms with Crippen LogP contribution in [-0.4, -0.2) is 9.97 Å². The lowest BCUT2D eigenvalue weighted by molar-refractivity contribution is 0.640. The topological polar surface area (TPSA) is 82.3 Å². The lowest BCUT2D eigenvalue weighted by Crippen LogP contribution is -2.09. The van der Waals surface area contributed by atoms with Gasteiger partial charge in [0.05, 0.1) is 34.5 Å². The van der Waals surface area contributed by atoms with Crippen molar-refractivity contribution >= 4 is 78.3 Å². The van der Waals surface area contributed by atoms with Crippen LogP contribution >= 0.6 is 0 Å². The normalized spacial score (nSPS) is 11.3. The smallest absolute Gasteiger partial charge is 0.227 e. The van der Waals surface area contributed by atoms with E-state index in [1.165, 1.54) is 0 Å². The molecule has 0 unspecified atom stereocenters. The number of rotatable bonds is 6. The van der Waals surface area contributed by atoms with Crippen LogP contribution in [0.3, 0.4) is 0 Å². The van der Waals surface area contributed by atoms with E-state index in [2.05, 4.69) is 76.5 Å². The van der Waals surface area contributed by atoms with Gasteiger partial charge in [0.2, 0.25) is 11.4 Å². The van der Waals surface area contributed by atoms with Crippen molar-refractivity contribution in [2.24, 2.45) is 0 Å². The number of nitrogens with zero attached hydrogens (tertiary/aromatic N) is 5. The Morgan fingerprint density at radius 3 is 1.12 bits per heavy atom. The van der Waals surface area contributed by atoms with Crippen LogP contribution in [0.15, 0.2) is 161 Å². The van der Waals surface area contributed by atoms with E-state index in [0.717, 1.165) is 55.7 Å². The van der Waals surface area contributed by atoms with Crippen molar-refractivity contribution in [1.29, 1.82) is 5.26 Å². The third kappa shape index (κ3) is 4.43. The van der Waals surface area contributed by atoms with E-state index >= 15 is 0 Å². The molecule has 7 heteroatoms. The van der Waals surface area contributed by atoms with Crippen molar-refractivity contribution in [3.05, 3.63) is 157 Å². The number of benzene rings is 5. The summed E-state index contributed by atoms with van der Waals surface area (Å²) in [5, 5.41) is 13.6. The van der Waals surface area contributed by atoms with Crippen molar-refractivity contribution in [2.45, 2.75) is 0 Å². The summed E-state index contributed by atoms with van der Waals surface area (Å²) < 4.78 is 12.5. The highest BCUT2D eigenvalue weighted by Gasteiger charge is 2.23. The van der Waals surface area contributed by atoms with E-state index in [1.807, 2.05) is 78.9 Å². The Balaban J connectivity index is 1.27. The van der Waals surface area contributed by atoms with Gasteiger partial charge in [0.1, 0.15) is 11.6 Å². The number of anilines is 6. The minimum Gasteiger partial charge on any atom is -0.436 e. The lowest BCUT2D eigenvalue weighted by Gasteiger charge is -2.25. The zero-order chi connectivity index (χ0) is 32.0. The molecule has 0 N–H and O–H groups in total. The van der Waals surface area contributed by atoms with Gasteiger partial charge in [-0.05, 0) is 66.7 Å². The first-order chi connectivity index (χ1) is 23.8. The van der Waals surface area contributed by atoms with Crippen LogP contribution in [0.25, 0.3) is 44.1 Å².